The van der Waals surface area contributed by atoms with Gasteiger partial charge in [0.2, 0.25) is 11.8 Å². The summed E-state index contributed by atoms with van der Waals surface area (Å²) in [5, 5.41) is 5.30. The fourth-order valence-corrected chi connectivity index (χ4v) is 2.02. The van der Waals surface area contributed by atoms with E-state index in [9.17, 15) is 9.59 Å². The van der Waals surface area contributed by atoms with Crippen LogP contribution in [-0.2, 0) is 16.1 Å². The number of rotatable bonds is 6. The number of allylic oxidation sites excluding steroid dienone is 2. The summed E-state index contributed by atoms with van der Waals surface area (Å²) < 4.78 is 5.09. The topological polar surface area (TPSA) is 71.3 Å². The first-order valence-corrected chi connectivity index (χ1v) is 6.46. The Morgan fingerprint density at radius 2 is 2.21 bits per heavy atom. The van der Waals surface area contributed by atoms with Crippen LogP contribution in [0.2, 0.25) is 0 Å². The van der Waals surface area contributed by atoms with Gasteiger partial charge in [-0.1, -0.05) is 12.2 Å². The van der Waals surface area contributed by atoms with Gasteiger partial charge in [0, 0.05) is 6.42 Å². The molecule has 1 aromatic rings. The first kappa shape index (κ1) is 13.4. The molecule has 0 unspecified atom stereocenters. The second-order valence-corrected chi connectivity index (χ2v) is 4.60. The van der Waals surface area contributed by atoms with E-state index in [0.717, 1.165) is 12.8 Å². The van der Waals surface area contributed by atoms with Gasteiger partial charge in [-0.25, -0.2) is 0 Å². The Bertz CT molecular complexity index is 451. The summed E-state index contributed by atoms with van der Waals surface area (Å²) in [6.07, 6.45) is 8.24. The smallest absolute Gasteiger partial charge is 0.239 e. The normalized spacial score (nSPS) is 17.4. The molecule has 1 aliphatic carbocycles. The molecule has 102 valence electrons. The van der Waals surface area contributed by atoms with E-state index in [0.29, 0.717) is 24.6 Å². The molecule has 0 radical (unpaired) electrons. The number of carbonyl (C=O) groups excluding carboxylic acids is 2. The maximum Gasteiger partial charge on any atom is 0.239 e. The minimum absolute atomic E-state index is 0.00990. The van der Waals surface area contributed by atoms with Gasteiger partial charge in [-0.15, -0.1) is 0 Å². The Morgan fingerprint density at radius 1 is 1.32 bits per heavy atom. The average molecular weight is 262 g/mol. The highest BCUT2D eigenvalue weighted by atomic mass is 16.3. The van der Waals surface area contributed by atoms with Crippen molar-refractivity contribution < 1.29 is 14.0 Å². The predicted molar refractivity (Wildman–Crippen MR) is 70.0 cm³/mol. The molecule has 0 bridgehead atoms. The molecule has 2 amide bonds. The molecule has 19 heavy (non-hydrogen) atoms. The minimum atomic E-state index is -0.216. The largest absolute Gasteiger partial charge is 0.467 e. The second-order valence-electron chi connectivity index (χ2n) is 4.60. The Labute approximate surface area is 112 Å². The van der Waals surface area contributed by atoms with Crippen LogP contribution in [0.1, 0.15) is 25.0 Å². The Balaban J connectivity index is 1.60. The summed E-state index contributed by atoms with van der Waals surface area (Å²) in [4.78, 5) is 23.1. The van der Waals surface area contributed by atoms with Gasteiger partial charge in [-0.05, 0) is 30.9 Å². The molecule has 2 N–H and O–H groups in total. The quantitative estimate of drug-likeness (QED) is 0.761. The van der Waals surface area contributed by atoms with E-state index < -0.39 is 0 Å². The number of nitrogens with one attached hydrogen (secondary N) is 2. The van der Waals surface area contributed by atoms with Crippen LogP contribution in [0, 0.1) is 5.92 Å². The van der Waals surface area contributed by atoms with Gasteiger partial charge >= 0.3 is 0 Å². The summed E-state index contributed by atoms with van der Waals surface area (Å²) in [7, 11) is 0. The van der Waals surface area contributed by atoms with Crippen LogP contribution < -0.4 is 10.6 Å². The lowest BCUT2D eigenvalue weighted by molar-refractivity contribution is -0.126. The summed E-state index contributed by atoms with van der Waals surface area (Å²) in [6.45, 7) is 0.350. The van der Waals surface area contributed by atoms with Gasteiger partial charge in [0.15, 0.2) is 0 Å². The van der Waals surface area contributed by atoms with Gasteiger partial charge in [0.25, 0.3) is 0 Å². The van der Waals surface area contributed by atoms with Gasteiger partial charge in [0.05, 0.1) is 19.4 Å². The number of hydrogen-bond donors (Lipinski definition) is 2. The third kappa shape index (κ3) is 4.62. The molecular weight excluding hydrogens is 244 g/mol. The van der Waals surface area contributed by atoms with Crippen molar-refractivity contribution in [2.24, 2.45) is 5.92 Å². The molecule has 0 fully saturated rings. The van der Waals surface area contributed by atoms with Gasteiger partial charge in [-0.2, -0.15) is 0 Å². The van der Waals surface area contributed by atoms with E-state index in [2.05, 4.69) is 22.8 Å². The molecule has 0 saturated carbocycles. The van der Waals surface area contributed by atoms with Crippen molar-refractivity contribution in [2.75, 3.05) is 6.54 Å². The van der Waals surface area contributed by atoms with E-state index in [1.54, 1.807) is 18.4 Å². The molecule has 2 rings (SSSR count). The third-order valence-corrected chi connectivity index (χ3v) is 3.05. The van der Waals surface area contributed by atoms with E-state index in [1.165, 1.54) is 0 Å². The standard InChI is InChI=1S/C14H18N2O3/c17-13(8-11-4-1-2-5-11)16-10-14(18)15-9-12-6-3-7-19-12/h1,3-4,6-7,11H,2,5,8-10H2,(H,15,18)(H,16,17)/t11-/m1/s1. The molecular formula is C14H18N2O3. The lowest BCUT2D eigenvalue weighted by Gasteiger charge is -2.08. The van der Waals surface area contributed by atoms with Crippen molar-refractivity contribution in [3.8, 4) is 0 Å². The minimum Gasteiger partial charge on any atom is -0.467 e. The summed E-state index contributed by atoms with van der Waals surface area (Å²) in [5.74, 6) is 0.721. The van der Waals surface area contributed by atoms with Crippen molar-refractivity contribution in [3.63, 3.8) is 0 Å². The van der Waals surface area contributed by atoms with Gasteiger partial charge in [-0.3, -0.25) is 9.59 Å². The van der Waals surface area contributed by atoms with Crippen LogP contribution in [0.25, 0.3) is 0 Å². The fourth-order valence-electron chi connectivity index (χ4n) is 2.02. The molecule has 0 aromatic carbocycles. The maximum absolute atomic E-state index is 11.6. The molecule has 5 nitrogen and oxygen atoms in total. The van der Waals surface area contributed by atoms with E-state index in [-0.39, 0.29) is 18.4 Å². The Hall–Kier alpha value is -2.04. The first-order chi connectivity index (χ1) is 9.24. The predicted octanol–water partition coefficient (Wildman–Crippen LogP) is 1.37. The summed E-state index contributed by atoms with van der Waals surface area (Å²) >= 11 is 0. The molecule has 1 heterocycles. The third-order valence-electron chi connectivity index (χ3n) is 3.05. The van der Waals surface area contributed by atoms with Crippen LogP contribution in [0.5, 0.6) is 0 Å². The highest BCUT2D eigenvalue weighted by molar-refractivity contribution is 5.84. The van der Waals surface area contributed by atoms with E-state index in [4.69, 9.17) is 4.42 Å². The molecule has 0 saturated heterocycles. The number of amides is 2. The van der Waals surface area contributed by atoms with Crippen LogP contribution in [0.15, 0.2) is 35.0 Å². The number of hydrogen-bond acceptors (Lipinski definition) is 3. The van der Waals surface area contributed by atoms with Crippen LogP contribution in [0.4, 0.5) is 0 Å². The van der Waals surface area contributed by atoms with Crippen molar-refractivity contribution in [1.82, 2.24) is 10.6 Å². The van der Waals surface area contributed by atoms with Crippen molar-refractivity contribution >= 4 is 11.8 Å². The summed E-state index contributed by atoms with van der Waals surface area (Å²) in [6, 6.07) is 3.55. The average Bonchev–Trinajstić information content (AvgIpc) is 3.06. The second kappa shape index (κ2) is 6.78. The molecule has 1 atom stereocenters. The fraction of sp³-hybridized carbons (Fsp3) is 0.429. The van der Waals surface area contributed by atoms with Gasteiger partial charge in [0.1, 0.15) is 5.76 Å². The van der Waals surface area contributed by atoms with Crippen molar-refractivity contribution in [2.45, 2.75) is 25.8 Å². The molecule has 1 aliphatic rings. The SMILES string of the molecule is O=C(CNC(=O)C[C@@H]1C=CCC1)NCc1ccco1. The van der Waals surface area contributed by atoms with Crippen LogP contribution in [0.3, 0.4) is 0 Å². The van der Waals surface area contributed by atoms with E-state index in [1.807, 2.05) is 0 Å². The molecule has 1 aromatic heterocycles. The number of carbonyl (C=O) groups is 2. The molecule has 0 spiro atoms. The van der Waals surface area contributed by atoms with Crippen LogP contribution in [-0.4, -0.2) is 18.4 Å². The maximum atomic E-state index is 11.6. The zero-order chi connectivity index (χ0) is 13.5. The van der Waals surface area contributed by atoms with Crippen molar-refractivity contribution in [1.29, 1.82) is 0 Å². The van der Waals surface area contributed by atoms with E-state index >= 15 is 0 Å². The highest BCUT2D eigenvalue weighted by Gasteiger charge is 2.14. The highest BCUT2D eigenvalue weighted by Crippen LogP contribution is 2.19. The zero-order valence-corrected chi connectivity index (χ0v) is 10.7. The lowest BCUT2D eigenvalue weighted by Crippen LogP contribution is -2.37. The van der Waals surface area contributed by atoms with Gasteiger partial charge < -0.3 is 15.1 Å². The Morgan fingerprint density at radius 3 is 2.89 bits per heavy atom. The Kier molecular flexibility index (Phi) is 4.78. The summed E-state index contributed by atoms with van der Waals surface area (Å²) in [5.41, 5.74) is 0. The van der Waals surface area contributed by atoms with Crippen molar-refractivity contribution in [3.05, 3.63) is 36.3 Å². The number of furan rings is 1. The first-order valence-electron chi connectivity index (χ1n) is 6.46. The monoisotopic (exact) mass is 262 g/mol. The zero-order valence-electron chi connectivity index (χ0n) is 10.7. The van der Waals surface area contributed by atoms with Crippen LogP contribution >= 0.6 is 0 Å². The lowest BCUT2D eigenvalue weighted by atomic mass is 10.1. The molecule has 0 aliphatic heterocycles. The molecule has 5 heteroatoms.